The van der Waals surface area contributed by atoms with Gasteiger partial charge in [0, 0.05) is 4.88 Å². The Kier molecular flexibility index (Phi) is 5.72. The first-order valence-electron chi connectivity index (χ1n) is 9.42. The summed E-state index contributed by atoms with van der Waals surface area (Å²) < 4.78 is 22.4. The number of thiophene rings is 1. The van der Waals surface area contributed by atoms with Crippen LogP contribution in [0, 0.1) is 13.8 Å². The average molecular weight is 423 g/mol. The standard InChI is InChI=1S/C23H22N2O4S/c1-14-15(2)30-23-21(14)22(29-19-11-7-17(27-4)8-12-19)24-20(25-23)13-28-18-9-5-16(26-3)6-10-18/h5-12H,13H2,1-4H3. The Balaban J connectivity index is 1.63. The molecule has 0 aliphatic heterocycles. The molecule has 0 amide bonds. The van der Waals surface area contributed by atoms with Gasteiger partial charge in [0.15, 0.2) is 5.82 Å². The van der Waals surface area contributed by atoms with Gasteiger partial charge in [0.2, 0.25) is 5.88 Å². The van der Waals surface area contributed by atoms with Gasteiger partial charge < -0.3 is 18.9 Å². The number of aryl methyl sites for hydroxylation is 2. The second-order valence-corrected chi connectivity index (χ2v) is 7.85. The van der Waals surface area contributed by atoms with Crippen molar-refractivity contribution in [1.82, 2.24) is 9.97 Å². The first kappa shape index (κ1) is 20.0. The molecule has 4 rings (SSSR count). The molecule has 0 aliphatic carbocycles. The number of rotatable bonds is 7. The Labute approximate surface area is 179 Å². The van der Waals surface area contributed by atoms with Crippen molar-refractivity contribution in [2.75, 3.05) is 14.2 Å². The molecule has 0 spiro atoms. The molecule has 0 unspecified atom stereocenters. The fourth-order valence-electron chi connectivity index (χ4n) is 2.97. The van der Waals surface area contributed by atoms with E-state index < -0.39 is 0 Å². The lowest BCUT2D eigenvalue weighted by molar-refractivity contribution is 0.294. The molecule has 7 heteroatoms. The van der Waals surface area contributed by atoms with Gasteiger partial charge in [-0.25, -0.2) is 4.98 Å². The molecule has 0 aliphatic rings. The van der Waals surface area contributed by atoms with Crippen LogP contribution in [0.25, 0.3) is 10.2 Å². The van der Waals surface area contributed by atoms with Crippen LogP contribution in [0.3, 0.4) is 0 Å². The molecule has 0 bridgehead atoms. The molecule has 4 aromatic rings. The smallest absolute Gasteiger partial charge is 0.231 e. The average Bonchev–Trinajstić information content (AvgIpc) is 3.06. The number of aromatic nitrogens is 2. The van der Waals surface area contributed by atoms with E-state index in [0.29, 0.717) is 17.5 Å². The van der Waals surface area contributed by atoms with Crippen LogP contribution < -0.4 is 18.9 Å². The predicted molar refractivity (Wildman–Crippen MR) is 117 cm³/mol. The Morgan fingerprint density at radius 3 is 1.93 bits per heavy atom. The van der Waals surface area contributed by atoms with Crippen molar-refractivity contribution in [2.45, 2.75) is 20.5 Å². The lowest BCUT2D eigenvalue weighted by atomic mass is 10.2. The maximum Gasteiger partial charge on any atom is 0.231 e. The van der Waals surface area contributed by atoms with Gasteiger partial charge in [-0.2, -0.15) is 4.98 Å². The molecule has 0 N–H and O–H groups in total. The third-order valence-corrected chi connectivity index (χ3v) is 5.84. The quantitative estimate of drug-likeness (QED) is 0.381. The number of benzene rings is 2. The third kappa shape index (κ3) is 4.16. The van der Waals surface area contributed by atoms with Crippen LogP contribution in [-0.2, 0) is 6.61 Å². The number of methoxy groups -OCH3 is 2. The summed E-state index contributed by atoms with van der Waals surface area (Å²) >= 11 is 1.63. The summed E-state index contributed by atoms with van der Waals surface area (Å²) in [6, 6.07) is 14.8. The highest BCUT2D eigenvalue weighted by atomic mass is 32.1. The van der Waals surface area contributed by atoms with Crippen molar-refractivity contribution < 1.29 is 18.9 Å². The van der Waals surface area contributed by atoms with Crippen molar-refractivity contribution in [1.29, 1.82) is 0 Å². The Morgan fingerprint density at radius 2 is 1.33 bits per heavy atom. The van der Waals surface area contributed by atoms with Crippen molar-refractivity contribution in [3.8, 4) is 28.9 Å². The third-order valence-electron chi connectivity index (χ3n) is 4.74. The van der Waals surface area contributed by atoms with E-state index in [1.807, 2.05) is 48.5 Å². The largest absolute Gasteiger partial charge is 0.497 e. The molecule has 6 nitrogen and oxygen atoms in total. The SMILES string of the molecule is COc1ccc(OCc2nc(Oc3ccc(OC)cc3)c3c(C)c(C)sc3n2)cc1. The van der Waals surface area contributed by atoms with Crippen LogP contribution in [0.5, 0.6) is 28.9 Å². The minimum atomic E-state index is 0.233. The number of hydrogen-bond donors (Lipinski definition) is 0. The van der Waals surface area contributed by atoms with E-state index in [4.69, 9.17) is 23.9 Å². The summed E-state index contributed by atoms with van der Waals surface area (Å²) in [5, 5.41) is 0.932. The number of ether oxygens (including phenoxy) is 4. The number of nitrogens with zero attached hydrogens (tertiary/aromatic N) is 2. The molecular weight excluding hydrogens is 400 g/mol. The minimum Gasteiger partial charge on any atom is -0.497 e. The lowest BCUT2D eigenvalue weighted by Gasteiger charge is -2.10. The highest BCUT2D eigenvalue weighted by Gasteiger charge is 2.17. The Morgan fingerprint density at radius 1 is 0.767 bits per heavy atom. The second kappa shape index (κ2) is 8.59. The topological polar surface area (TPSA) is 62.7 Å². The zero-order valence-electron chi connectivity index (χ0n) is 17.3. The molecule has 0 saturated heterocycles. The highest BCUT2D eigenvalue weighted by molar-refractivity contribution is 7.18. The van der Waals surface area contributed by atoms with E-state index in [1.165, 1.54) is 4.88 Å². The summed E-state index contributed by atoms with van der Waals surface area (Å²) in [6.07, 6.45) is 0. The molecule has 2 aromatic heterocycles. The van der Waals surface area contributed by atoms with Gasteiger partial charge in [-0.15, -0.1) is 11.3 Å². The van der Waals surface area contributed by atoms with Gasteiger partial charge in [0.05, 0.1) is 19.6 Å². The van der Waals surface area contributed by atoms with Gasteiger partial charge in [-0.1, -0.05) is 0 Å². The Hall–Kier alpha value is -3.32. The maximum atomic E-state index is 6.14. The van der Waals surface area contributed by atoms with Crippen molar-refractivity contribution in [2.24, 2.45) is 0 Å². The molecule has 0 radical (unpaired) electrons. The van der Waals surface area contributed by atoms with E-state index in [0.717, 1.165) is 33.0 Å². The fraction of sp³-hybridized carbons (Fsp3) is 0.217. The second-order valence-electron chi connectivity index (χ2n) is 6.65. The van der Waals surface area contributed by atoms with E-state index in [9.17, 15) is 0 Å². The highest BCUT2D eigenvalue weighted by Crippen LogP contribution is 2.36. The van der Waals surface area contributed by atoms with Gasteiger partial charge >= 0.3 is 0 Å². The molecule has 2 heterocycles. The van der Waals surface area contributed by atoms with E-state index in [1.54, 1.807) is 25.6 Å². The van der Waals surface area contributed by atoms with Gasteiger partial charge in [-0.3, -0.25) is 0 Å². The van der Waals surface area contributed by atoms with Crippen LogP contribution in [0.15, 0.2) is 48.5 Å². The summed E-state index contributed by atoms with van der Waals surface area (Å²) in [4.78, 5) is 11.4. The maximum absolute atomic E-state index is 6.14. The monoisotopic (exact) mass is 422 g/mol. The molecule has 0 fully saturated rings. The van der Waals surface area contributed by atoms with Gasteiger partial charge in [0.1, 0.15) is 34.4 Å². The zero-order valence-corrected chi connectivity index (χ0v) is 18.1. The molecule has 0 atom stereocenters. The van der Waals surface area contributed by atoms with Crippen LogP contribution >= 0.6 is 11.3 Å². The van der Waals surface area contributed by atoms with Gasteiger partial charge in [-0.05, 0) is 67.9 Å². The first-order valence-corrected chi connectivity index (χ1v) is 10.2. The normalized spacial score (nSPS) is 10.8. The van der Waals surface area contributed by atoms with E-state index in [2.05, 4.69) is 18.8 Å². The molecule has 2 aromatic carbocycles. The minimum absolute atomic E-state index is 0.233. The number of fused-ring (bicyclic) bond motifs is 1. The Bertz CT molecular complexity index is 1150. The predicted octanol–water partition coefficient (Wildman–Crippen LogP) is 5.70. The van der Waals surface area contributed by atoms with Crippen molar-refractivity contribution >= 4 is 21.6 Å². The van der Waals surface area contributed by atoms with Gasteiger partial charge in [0.25, 0.3) is 0 Å². The summed E-state index contributed by atoms with van der Waals surface area (Å²) in [6.45, 7) is 4.37. The fourth-order valence-corrected chi connectivity index (χ4v) is 4.01. The van der Waals surface area contributed by atoms with Crippen LogP contribution in [0.4, 0.5) is 0 Å². The molecule has 0 saturated carbocycles. The van der Waals surface area contributed by atoms with Crippen LogP contribution in [-0.4, -0.2) is 24.2 Å². The lowest BCUT2D eigenvalue weighted by Crippen LogP contribution is -2.03. The molecular formula is C23H22N2O4S. The van der Waals surface area contributed by atoms with Crippen LogP contribution in [0.2, 0.25) is 0 Å². The molecule has 154 valence electrons. The first-order chi connectivity index (χ1) is 14.6. The van der Waals surface area contributed by atoms with Crippen molar-refractivity contribution in [3.63, 3.8) is 0 Å². The van der Waals surface area contributed by atoms with E-state index in [-0.39, 0.29) is 6.61 Å². The zero-order chi connectivity index (χ0) is 21.1. The van der Waals surface area contributed by atoms with Crippen LogP contribution in [0.1, 0.15) is 16.3 Å². The number of hydrogen-bond acceptors (Lipinski definition) is 7. The summed E-state index contributed by atoms with van der Waals surface area (Å²) in [5.74, 6) is 4.03. The summed E-state index contributed by atoms with van der Waals surface area (Å²) in [5.41, 5.74) is 1.13. The van der Waals surface area contributed by atoms with Crippen molar-refractivity contribution in [3.05, 3.63) is 64.8 Å². The summed E-state index contributed by atoms with van der Waals surface area (Å²) in [7, 11) is 3.27. The molecule has 30 heavy (non-hydrogen) atoms. The van der Waals surface area contributed by atoms with E-state index >= 15 is 0 Å².